The van der Waals surface area contributed by atoms with Crippen molar-refractivity contribution in [1.82, 2.24) is 0 Å². The zero-order valence-electron chi connectivity index (χ0n) is 27.9. The number of aliphatic hydroxyl groups is 7. The summed E-state index contributed by atoms with van der Waals surface area (Å²) < 4.78 is 33.6. The Morgan fingerprint density at radius 3 is 1.93 bits per heavy atom. The highest BCUT2D eigenvalue weighted by atomic mass is 16.7. The van der Waals surface area contributed by atoms with Gasteiger partial charge in [0, 0.05) is 23.8 Å². The van der Waals surface area contributed by atoms with Crippen LogP contribution >= 0.6 is 0 Å². The van der Waals surface area contributed by atoms with Crippen molar-refractivity contribution in [2.45, 2.75) is 61.4 Å². The van der Waals surface area contributed by atoms with E-state index in [-0.39, 0.29) is 34.2 Å². The second-order valence-corrected chi connectivity index (χ2v) is 12.5. The maximum absolute atomic E-state index is 14.0. The average Bonchev–Trinajstić information content (AvgIpc) is 3.15. The number of esters is 1. The lowest BCUT2D eigenvalue weighted by Gasteiger charge is -2.39. The Morgan fingerprint density at radius 1 is 0.722 bits per heavy atom. The van der Waals surface area contributed by atoms with E-state index >= 15 is 0 Å². The summed E-state index contributed by atoms with van der Waals surface area (Å²) in [5.41, 5.74) is -0.665. The fourth-order valence-electron chi connectivity index (χ4n) is 5.76. The summed E-state index contributed by atoms with van der Waals surface area (Å²) in [6, 6.07) is 13.2. The second-order valence-electron chi connectivity index (χ2n) is 12.5. The van der Waals surface area contributed by atoms with Crippen LogP contribution in [0.5, 0.6) is 28.7 Å². The van der Waals surface area contributed by atoms with Crippen LogP contribution in [0.2, 0.25) is 0 Å². The predicted molar refractivity (Wildman–Crippen MR) is 181 cm³/mol. The van der Waals surface area contributed by atoms with Crippen molar-refractivity contribution in [3.8, 4) is 40.1 Å². The Morgan fingerprint density at radius 2 is 1.30 bits per heavy atom. The van der Waals surface area contributed by atoms with Crippen molar-refractivity contribution in [2.24, 2.45) is 0 Å². The van der Waals surface area contributed by atoms with E-state index in [1.807, 2.05) is 0 Å². The Balaban J connectivity index is 1.29. The summed E-state index contributed by atoms with van der Waals surface area (Å²) >= 11 is 0. The molecule has 0 amide bonds. The number of carbonyl (C=O) groups is 1. The fourth-order valence-corrected chi connectivity index (χ4v) is 5.76. The minimum Gasteiger partial charge on any atom is -0.508 e. The van der Waals surface area contributed by atoms with Crippen LogP contribution in [0.15, 0.2) is 76.0 Å². The molecule has 0 bridgehead atoms. The lowest BCUT2D eigenvalue weighted by atomic mass is 9.99. The minimum absolute atomic E-state index is 0.0259. The topological polar surface area (TPSA) is 296 Å². The number of benzene rings is 3. The van der Waals surface area contributed by atoms with E-state index in [0.29, 0.717) is 5.56 Å². The number of fused-ring (bicyclic) bond motifs is 1. The Labute approximate surface area is 304 Å². The van der Waals surface area contributed by atoms with Crippen LogP contribution in [0.25, 0.3) is 28.4 Å². The highest BCUT2D eigenvalue weighted by Crippen LogP contribution is 2.38. The Hall–Kier alpha value is -5.28. The van der Waals surface area contributed by atoms with E-state index < -0.39 is 103 Å². The van der Waals surface area contributed by atoms with E-state index in [9.17, 15) is 60.7 Å². The molecule has 6 rings (SSSR count). The van der Waals surface area contributed by atoms with Crippen LogP contribution in [0, 0.1) is 0 Å². The molecule has 2 aliphatic rings. The summed E-state index contributed by atoms with van der Waals surface area (Å²) in [5.74, 6) is -2.99. The van der Waals surface area contributed by atoms with Crippen molar-refractivity contribution in [2.75, 3.05) is 13.2 Å². The van der Waals surface area contributed by atoms with E-state index in [4.69, 9.17) is 28.1 Å². The Bertz CT molecular complexity index is 2030. The molecule has 10 atom stereocenters. The molecule has 0 spiro atoms. The SMILES string of the molecule is O=C(/C=C/c1ccc(O)cc1)OC[C@H]1O[C@@H](Oc2c(-c3ccc(O)cc3)oc3cc(OC4OC(CO)C(O)C(O)C4O)cc(O)c3c2=O)[C@H](O)[C@@H](O)[C@@H]1O. The number of rotatable bonds is 10. The van der Waals surface area contributed by atoms with Gasteiger partial charge in [-0.15, -0.1) is 0 Å². The normalized spacial score (nSPS) is 28.6. The standard InChI is InChI=1S/C36H36O18/c37-13-22-26(42)29(45)31(47)35(52-22)50-19-11-20(40)25-21(12-19)51-33(16-4-8-18(39)9-5-16)34(28(25)44)54-36-32(48)30(46)27(43)23(53-36)14-49-24(41)10-3-15-1-6-17(38)7-2-15/h1-12,22-23,26-27,29-32,35-40,42-43,45-48H,13-14H2/b10-3+/t22?,23-,26?,27-,29?,30+,31?,32-,35?,36+/m1/s1. The van der Waals surface area contributed by atoms with Crippen LogP contribution in [-0.4, -0.2) is 132 Å². The molecule has 0 radical (unpaired) electrons. The maximum Gasteiger partial charge on any atom is 0.330 e. The first-order valence-corrected chi connectivity index (χ1v) is 16.4. The van der Waals surface area contributed by atoms with Gasteiger partial charge in [0.1, 0.15) is 89.4 Å². The molecule has 2 saturated heterocycles. The molecule has 18 nitrogen and oxygen atoms in total. The van der Waals surface area contributed by atoms with Gasteiger partial charge in [0.25, 0.3) is 0 Å². The van der Waals surface area contributed by atoms with Gasteiger partial charge >= 0.3 is 5.97 Å². The van der Waals surface area contributed by atoms with Crippen molar-refractivity contribution < 1.29 is 84.0 Å². The van der Waals surface area contributed by atoms with Crippen molar-refractivity contribution in [3.63, 3.8) is 0 Å². The highest BCUT2D eigenvalue weighted by molar-refractivity contribution is 5.88. The molecule has 3 heterocycles. The first kappa shape index (κ1) is 38.4. The molecule has 54 heavy (non-hydrogen) atoms. The second kappa shape index (κ2) is 16.0. The number of hydrogen-bond donors (Lipinski definition) is 10. The Kier molecular flexibility index (Phi) is 11.4. The number of phenolic OH excluding ortho intramolecular Hbond substituents is 3. The lowest BCUT2D eigenvalue weighted by molar-refractivity contribution is -0.278. The zero-order valence-corrected chi connectivity index (χ0v) is 27.9. The van der Waals surface area contributed by atoms with Crippen LogP contribution in [0.1, 0.15) is 5.56 Å². The molecular weight excluding hydrogens is 720 g/mol. The number of carbonyl (C=O) groups excluding carboxylic acids is 1. The van der Waals surface area contributed by atoms with Crippen molar-refractivity contribution >= 4 is 23.0 Å². The van der Waals surface area contributed by atoms with Gasteiger partial charge in [0.05, 0.1) is 6.61 Å². The van der Waals surface area contributed by atoms with Gasteiger partial charge in [0.15, 0.2) is 5.76 Å². The van der Waals surface area contributed by atoms with Crippen LogP contribution in [-0.2, 0) is 19.0 Å². The van der Waals surface area contributed by atoms with Crippen LogP contribution < -0.4 is 14.9 Å². The third-order valence-electron chi connectivity index (χ3n) is 8.73. The summed E-state index contributed by atoms with van der Waals surface area (Å²) in [6.07, 6.45) is -14.8. The number of ether oxygens (including phenoxy) is 5. The molecule has 2 fully saturated rings. The number of aliphatic hydroxyl groups excluding tert-OH is 7. The van der Waals surface area contributed by atoms with Gasteiger partial charge in [-0.05, 0) is 48.0 Å². The molecule has 18 heteroatoms. The summed E-state index contributed by atoms with van der Waals surface area (Å²) in [7, 11) is 0. The number of aromatic hydroxyl groups is 3. The fraction of sp³-hybridized carbons (Fsp3) is 0.333. The molecule has 4 aromatic rings. The van der Waals surface area contributed by atoms with Crippen molar-refractivity contribution in [3.05, 3.63) is 82.5 Å². The first-order valence-electron chi connectivity index (χ1n) is 16.4. The maximum atomic E-state index is 14.0. The molecular formula is C36H36O18. The van der Waals surface area contributed by atoms with Crippen molar-refractivity contribution in [1.29, 1.82) is 0 Å². The summed E-state index contributed by atoms with van der Waals surface area (Å²) in [5, 5.41) is 102. The molecule has 0 aliphatic carbocycles. The smallest absolute Gasteiger partial charge is 0.330 e. The van der Waals surface area contributed by atoms with Gasteiger partial charge in [0.2, 0.25) is 23.8 Å². The third kappa shape index (κ3) is 7.97. The predicted octanol–water partition coefficient (Wildman–Crippen LogP) is -0.802. The quantitative estimate of drug-likeness (QED) is 0.0700. The van der Waals surface area contributed by atoms with Gasteiger partial charge in [-0.1, -0.05) is 12.1 Å². The van der Waals surface area contributed by atoms with E-state index in [1.54, 1.807) is 12.1 Å². The molecule has 3 aromatic carbocycles. The van der Waals surface area contributed by atoms with E-state index in [0.717, 1.165) is 18.2 Å². The first-order chi connectivity index (χ1) is 25.7. The third-order valence-corrected chi connectivity index (χ3v) is 8.73. The summed E-state index contributed by atoms with van der Waals surface area (Å²) in [4.78, 5) is 26.4. The molecule has 2 aliphatic heterocycles. The molecule has 288 valence electrons. The number of phenols is 3. The van der Waals surface area contributed by atoms with E-state index in [2.05, 4.69) is 0 Å². The minimum atomic E-state index is -1.98. The highest BCUT2D eigenvalue weighted by Gasteiger charge is 2.47. The summed E-state index contributed by atoms with van der Waals surface area (Å²) in [6.45, 7) is -1.37. The largest absolute Gasteiger partial charge is 0.508 e. The molecule has 5 unspecified atom stereocenters. The average molecular weight is 757 g/mol. The molecule has 1 aromatic heterocycles. The van der Waals surface area contributed by atoms with Crippen LogP contribution in [0.3, 0.4) is 0 Å². The molecule has 0 saturated carbocycles. The number of hydrogen-bond acceptors (Lipinski definition) is 18. The van der Waals surface area contributed by atoms with Crippen LogP contribution in [0.4, 0.5) is 0 Å². The lowest BCUT2D eigenvalue weighted by Crippen LogP contribution is -2.60. The van der Waals surface area contributed by atoms with Gasteiger partial charge in [-0.3, -0.25) is 4.79 Å². The van der Waals surface area contributed by atoms with Gasteiger partial charge in [-0.25, -0.2) is 4.79 Å². The van der Waals surface area contributed by atoms with Gasteiger partial charge < -0.3 is 79.2 Å². The monoisotopic (exact) mass is 756 g/mol. The van der Waals surface area contributed by atoms with E-state index in [1.165, 1.54) is 42.5 Å². The van der Waals surface area contributed by atoms with Gasteiger partial charge in [-0.2, -0.15) is 0 Å². The molecule has 10 N–H and O–H groups in total. The zero-order chi connectivity index (χ0) is 38.8.